The SMILES string of the molecule is CC1N(Cl)C=C(C(F)(F)F)c2nc(CCc3nc(N4CCCC4)n(C)n3)nn21. The molecule has 0 aliphatic carbocycles. The van der Waals surface area contributed by atoms with Crippen LogP contribution in [0.2, 0.25) is 0 Å². The average molecular weight is 417 g/mol. The molecule has 0 N–H and O–H groups in total. The number of aromatic nitrogens is 6. The Morgan fingerprint density at radius 3 is 2.39 bits per heavy atom. The largest absolute Gasteiger partial charge is 0.421 e. The van der Waals surface area contributed by atoms with Gasteiger partial charge in [0, 0.05) is 51.0 Å². The molecule has 0 spiro atoms. The van der Waals surface area contributed by atoms with Crippen molar-refractivity contribution in [3.8, 4) is 0 Å². The fraction of sp³-hybridized carbons (Fsp3) is 0.625. The first-order valence-electron chi connectivity index (χ1n) is 9.08. The number of nitrogens with zero attached hydrogens (tertiary/aromatic N) is 8. The van der Waals surface area contributed by atoms with Gasteiger partial charge >= 0.3 is 6.18 Å². The summed E-state index contributed by atoms with van der Waals surface area (Å²) >= 11 is 5.90. The number of hydrogen-bond acceptors (Lipinski definition) is 6. The highest BCUT2D eigenvalue weighted by Crippen LogP contribution is 2.38. The minimum Gasteiger partial charge on any atom is -0.341 e. The van der Waals surface area contributed by atoms with Gasteiger partial charge in [-0.25, -0.2) is 14.3 Å². The molecule has 0 radical (unpaired) electrons. The topological polar surface area (TPSA) is 67.9 Å². The maximum absolute atomic E-state index is 13.3. The van der Waals surface area contributed by atoms with Gasteiger partial charge in [0.15, 0.2) is 17.5 Å². The Labute approximate surface area is 164 Å². The van der Waals surface area contributed by atoms with E-state index in [2.05, 4.69) is 25.1 Å². The number of hydrogen-bond donors (Lipinski definition) is 0. The van der Waals surface area contributed by atoms with E-state index < -0.39 is 17.9 Å². The molecule has 1 saturated heterocycles. The lowest BCUT2D eigenvalue weighted by atomic mass is 10.2. The number of alkyl halides is 3. The van der Waals surface area contributed by atoms with Crippen molar-refractivity contribution >= 4 is 23.3 Å². The van der Waals surface area contributed by atoms with Crippen LogP contribution in [0, 0.1) is 0 Å². The van der Waals surface area contributed by atoms with Gasteiger partial charge in [-0.1, -0.05) is 0 Å². The summed E-state index contributed by atoms with van der Waals surface area (Å²) in [5.74, 6) is 1.52. The van der Waals surface area contributed by atoms with Gasteiger partial charge < -0.3 is 4.90 Å². The van der Waals surface area contributed by atoms with E-state index in [0.29, 0.717) is 24.5 Å². The Hall–Kier alpha value is -2.30. The first-order valence-corrected chi connectivity index (χ1v) is 9.41. The van der Waals surface area contributed by atoms with Gasteiger partial charge in [0.25, 0.3) is 0 Å². The lowest BCUT2D eigenvalue weighted by Gasteiger charge is -2.28. The van der Waals surface area contributed by atoms with Gasteiger partial charge in [0.1, 0.15) is 11.7 Å². The van der Waals surface area contributed by atoms with E-state index in [0.717, 1.165) is 42.5 Å². The Bertz CT molecular complexity index is 896. The van der Waals surface area contributed by atoms with Crippen LogP contribution >= 0.6 is 11.8 Å². The molecule has 0 amide bonds. The molecule has 2 aromatic rings. The molecule has 152 valence electrons. The minimum absolute atomic E-state index is 0.223. The summed E-state index contributed by atoms with van der Waals surface area (Å²) in [7, 11) is 1.84. The van der Waals surface area contributed by atoms with E-state index in [1.54, 1.807) is 11.6 Å². The molecule has 4 rings (SSSR count). The maximum atomic E-state index is 13.3. The Morgan fingerprint density at radius 2 is 1.75 bits per heavy atom. The summed E-state index contributed by atoms with van der Waals surface area (Å²) in [5, 5.41) is 8.65. The number of rotatable bonds is 4. The first kappa shape index (κ1) is 19.0. The molecule has 4 heterocycles. The number of halogens is 4. The third kappa shape index (κ3) is 3.43. The molecule has 0 saturated carbocycles. The summed E-state index contributed by atoms with van der Waals surface area (Å²) in [6.07, 6.45) is -1.24. The molecular weight excluding hydrogens is 397 g/mol. The molecule has 2 aliphatic heterocycles. The molecule has 1 unspecified atom stereocenters. The van der Waals surface area contributed by atoms with Gasteiger partial charge in [-0.2, -0.15) is 28.4 Å². The number of fused-ring (bicyclic) bond motifs is 1. The third-order valence-corrected chi connectivity index (χ3v) is 5.31. The van der Waals surface area contributed by atoms with Crippen molar-refractivity contribution in [2.45, 2.75) is 44.9 Å². The summed E-state index contributed by atoms with van der Waals surface area (Å²) in [4.78, 5) is 10.9. The van der Waals surface area contributed by atoms with Crippen molar-refractivity contribution in [3.63, 3.8) is 0 Å². The van der Waals surface area contributed by atoms with Crippen molar-refractivity contribution < 1.29 is 13.2 Å². The molecule has 8 nitrogen and oxygen atoms in total. The summed E-state index contributed by atoms with van der Waals surface area (Å²) < 4.78 is 43.8. The van der Waals surface area contributed by atoms with Crippen LogP contribution in [0.15, 0.2) is 6.20 Å². The van der Waals surface area contributed by atoms with Gasteiger partial charge in [-0.05, 0) is 19.8 Å². The monoisotopic (exact) mass is 416 g/mol. The quantitative estimate of drug-likeness (QED) is 0.714. The number of aryl methyl sites for hydroxylation is 3. The maximum Gasteiger partial charge on any atom is 0.421 e. The molecule has 0 aromatic carbocycles. The Balaban J connectivity index is 1.52. The lowest BCUT2D eigenvalue weighted by Crippen LogP contribution is -2.29. The van der Waals surface area contributed by atoms with Crippen molar-refractivity contribution in [1.82, 2.24) is 33.9 Å². The number of anilines is 1. The fourth-order valence-corrected chi connectivity index (χ4v) is 3.64. The molecule has 2 aromatic heterocycles. The van der Waals surface area contributed by atoms with Crippen LogP contribution in [-0.2, 0) is 19.9 Å². The van der Waals surface area contributed by atoms with Crippen LogP contribution in [0.25, 0.3) is 5.57 Å². The first-order chi connectivity index (χ1) is 13.2. The smallest absolute Gasteiger partial charge is 0.341 e. The van der Waals surface area contributed by atoms with Crippen LogP contribution in [0.4, 0.5) is 19.1 Å². The second-order valence-electron chi connectivity index (χ2n) is 6.96. The van der Waals surface area contributed by atoms with Crippen molar-refractivity contribution in [2.75, 3.05) is 18.0 Å². The molecule has 28 heavy (non-hydrogen) atoms. The van der Waals surface area contributed by atoms with Crippen molar-refractivity contribution in [1.29, 1.82) is 0 Å². The number of allylic oxidation sites excluding steroid dienone is 1. The molecular formula is C16H20ClF3N8. The van der Waals surface area contributed by atoms with Crippen LogP contribution in [0.3, 0.4) is 0 Å². The predicted molar refractivity (Wildman–Crippen MR) is 96.3 cm³/mol. The van der Waals surface area contributed by atoms with Gasteiger partial charge in [0.2, 0.25) is 5.95 Å². The lowest BCUT2D eigenvalue weighted by molar-refractivity contribution is -0.0711. The van der Waals surface area contributed by atoms with Crippen LogP contribution in [0.1, 0.15) is 43.4 Å². The van der Waals surface area contributed by atoms with E-state index in [-0.39, 0.29) is 5.82 Å². The molecule has 0 bridgehead atoms. The van der Waals surface area contributed by atoms with Crippen molar-refractivity contribution in [2.24, 2.45) is 7.05 Å². The van der Waals surface area contributed by atoms with Crippen LogP contribution in [-0.4, -0.2) is 53.2 Å². The van der Waals surface area contributed by atoms with Gasteiger partial charge in [0.05, 0.1) is 0 Å². The molecule has 2 aliphatic rings. The Morgan fingerprint density at radius 1 is 1.11 bits per heavy atom. The highest BCUT2D eigenvalue weighted by Gasteiger charge is 2.42. The minimum atomic E-state index is -4.57. The normalized spacial score (nSPS) is 19.9. The van der Waals surface area contributed by atoms with E-state index in [1.165, 1.54) is 4.68 Å². The standard InChI is InChI=1S/C16H20ClF3N8/c1-10-27(17)9-11(16(18,19)20)14-21-12(24-28(10)14)5-6-13-22-15(25(2)23-13)26-7-3-4-8-26/h9-10H,3-8H2,1-2H3. The van der Waals surface area contributed by atoms with Crippen LogP contribution < -0.4 is 4.90 Å². The van der Waals surface area contributed by atoms with Gasteiger partial charge in [-0.15, -0.1) is 0 Å². The second kappa shape index (κ2) is 6.94. The summed E-state index contributed by atoms with van der Waals surface area (Å²) in [6.45, 7) is 3.57. The zero-order chi connectivity index (χ0) is 20.1. The Kier molecular flexibility index (Phi) is 4.72. The second-order valence-corrected chi connectivity index (χ2v) is 7.35. The highest BCUT2D eigenvalue weighted by molar-refractivity contribution is 6.14. The zero-order valence-corrected chi connectivity index (χ0v) is 16.2. The zero-order valence-electron chi connectivity index (χ0n) is 15.5. The van der Waals surface area contributed by atoms with E-state index in [4.69, 9.17) is 11.8 Å². The molecule has 1 fully saturated rings. The van der Waals surface area contributed by atoms with E-state index in [9.17, 15) is 13.2 Å². The predicted octanol–water partition coefficient (Wildman–Crippen LogP) is 2.68. The van der Waals surface area contributed by atoms with E-state index >= 15 is 0 Å². The summed E-state index contributed by atoms with van der Waals surface area (Å²) in [6, 6.07) is 0. The summed E-state index contributed by atoms with van der Waals surface area (Å²) in [5.41, 5.74) is -0.911. The fourth-order valence-electron chi connectivity index (χ4n) is 3.46. The van der Waals surface area contributed by atoms with E-state index in [1.807, 2.05) is 7.05 Å². The third-order valence-electron chi connectivity index (χ3n) is 4.93. The molecule has 12 heteroatoms. The average Bonchev–Trinajstić information content (AvgIpc) is 3.34. The van der Waals surface area contributed by atoms with Crippen molar-refractivity contribution in [3.05, 3.63) is 23.7 Å². The van der Waals surface area contributed by atoms with Gasteiger partial charge in [-0.3, -0.25) is 4.42 Å². The highest BCUT2D eigenvalue weighted by atomic mass is 35.5. The van der Waals surface area contributed by atoms with Crippen LogP contribution in [0.5, 0.6) is 0 Å². The molecule has 1 atom stereocenters.